The first-order valence-electron chi connectivity index (χ1n) is 4.22. The summed E-state index contributed by atoms with van der Waals surface area (Å²) in [6.45, 7) is 0.290. The van der Waals surface area contributed by atoms with Crippen molar-refractivity contribution in [2.75, 3.05) is 0 Å². The molecule has 4 heteroatoms. The third-order valence-corrected chi connectivity index (χ3v) is 1.91. The van der Waals surface area contributed by atoms with Crippen LogP contribution in [-0.4, -0.2) is 5.16 Å². The van der Waals surface area contributed by atoms with E-state index in [0.717, 1.165) is 0 Å². The van der Waals surface area contributed by atoms with Gasteiger partial charge in [0.15, 0.2) is 5.76 Å². The summed E-state index contributed by atoms with van der Waals surface area (Å²) in [5.41, 5.74) is 6.38. The molecule has 1 aromatic carbocycles. The lowest BCUT2D eigenvalue weighted by atomic mass is 10.1. The quantitative estimate of drug-likeness (QED) is 0.791. The third kappa shape index (κ3) is 1.52. The second kappa shape index (κ2) is 3.59. The van der Waals surface area contributed by atoms with Gasteiger partial charge in [0.25, 0.3) is 0 Å². The monoisotopic (exact) mass is 192 g/mol. The first-order valence-corrected chi connectivity index (χ1v) is 4.22. The van der Waals surface area contributed by atoms with E-state index in [1.807, 2.05) is 0 Å². The summed E-state index contributed by atoms with van der Waals surface area (Å²) in [6, 6.07) is 8.01. The van der Waals surface area contributed by atoms with Gasteiger partial charge in [0.2, 0.25) is 0 Å². The number of halogens is 1. The topological polar surface area (TPSA) is 52.0 Å². The van der Waals surface area contributed by atoms with Crippen LogP contribution in [0.2, 0.25) is 0 Å². The molecule has 14 heavy (non-hydrogen) atoms. The van der Waals surface area contributed by atoms with Gasteiger partial charge in [-0.25, -0.2) is 4.39 Å². The molecule has 0 fully saturated rings. The molecule has 1 heterocycles. The summed E-state index contributed by atoms with van der Waals surface area (Å²) < 4.78 is 18.2. The molecule has 1 aromatic heterocycles. The van der Waals surface area contributed by atoms with Gasteiger partial charge in [0.05, 0.1) is 11.3 Å². The average Bonchev–Trinajstić information content (AvgIpc) is 2.67. The number of hydrogen-bond donors (Lipinski definition) is 1. The normalized spacial score (nSPS) is 10.4. The molecule has 2 N–H and O–H groups in total. The smallest absolute Gasteiger partial charge is 0.170 e. The van der Waals surface area contributed by atoms with E-state index in [1.165, 1.54) is 6.07 Å². The SMILES string of the molecule is NCc1cc(-c2ccccc2F)on1. The Balaban J connectivity index is 2.44. The highest BCUT2D eigenvalue weighted by Crippen LogP contribution is 2.22. The third-order valence-electron chi connectivity index (χ3n) is 1.91. The van der Waals surface area contributed by atoms with Crippen LogP contribution in [0, 0.1) is 5.82 Å². The van der Waals surface area contributed by atoms with Crippen LogP contribution in [0.3, 0.4) is 0 Å². The van der Waals surface area contributed by atoms with Crippen molar-refractivity contribution in [1.29, 1.82) is 0 Å². The number of nitrogens with two attached hydrogens (primary N) is 1. The Morgan fingerprint density at radius 3 is 2.79 bits per heavy atom. The maximum Gasteiger partial charge on any atom is 0.170 e. The number of nitrogens with zero attached hydrogens (tertiary/aromatic N) is 1. The molecule has 3 nitrogen and oxygen atoms in total. The predicted molar refractivity (Wildman–Crippen MR) is 49.8 cm³/mol. The Labute approximate surface area is 80.3 Å². The fraction of sp³-hybridized carbons (Fsp3) is 0.100. The van der Waals surface area contributed by atoms with Crippen molar-refractivity contribution < 1.29 is 8.91 Å². The van der Waals surface area contributed by atoms with Crippen molar-refractivity contribution in [1.82, 2.24) is 5.16 Å². The van der Waals surface area contributed by atoms with Gasteiger partial charge in [0, 0.05) is 12.6 Å². The Bertz CT molecular complexity index is 439. The van der Waals surface area contributed by atoms with Gasteiger partial charge in [-0.15, -0.1) is 0 Å². The highest BCUT2D eigenvalue weighted by molar-refractivity contribution is 5.57. The zero-order valence-electron chi connectivity index (χ0n) is 7.40. The molecule has 2 rings (SSSR count). The summed E-state index contributed by atoms with van der Waals surface area (Å²) in [7, 11) is 0. The van der Waals surface area contributed by atoms with Crippen LogP contribution in [0.5, 0.6) is 0 Å². The summed E-state index contributed by atoms with van der Waals surface area (Å²) in [6.07, 6.45) is 0. The molecule has 0 aliphatic carbocycles. The van der Waals surface area contributed by atoms with Gasteiger partial charge < -0.3 is 10.3 Å². The van der Waals surface area contributed by atoms with Gasteiger partial charge in [-0.2, -0.15) is 0 Å². The standard InChI is InChI=1S/C10H9FN2O/c11-9-4-2-1-3-8(9)10-5-7(6-12)13-14-10/h1-5H,6,12H2. The van der Waals surface area contributed by atoms with Gasteiger partial charge in [-0.1, -0.05) is 17.3 Å². The maximum atomic E-state index is 13.3. The second-order valence-electron chi connectivity index (χ2n) is 2.87. The highest BCUT2D eigenvalue weighted by Gasteiger charge is 2.09. The molecule has 0 unspecified atom stereocenters. The molecular weight excluding hydrogens is 183 g/mol. The molecule has 0 aliphatic rings. The van der Waals surface area contributed by atoms with Gasteiger partial charge in [-0.3, -0.25) is 0 Å². The first kappa shape index (κ1) is 8.90. The Morgan fingerprint density at radius 2 is 2.14 bits per heavy atom. The van der Waals surface area contributed by atoms with Crippen molar-refractivity contribution in [2.24, 2.45) is 5.73 Å². The Hall–Kier alpha value is -1.68. The minimum atomic E-state index is -0.327. The summed E-state index contributed by atoms with van der Waals surface area (Å²) in [5, 5.41) is 3.69. The van der Waals surface area contributed by atoms with Crippen molar-refractivity contribution in [3.05, 3.63) is 41.8 Å². The summed E-state index contributed by atoms with van der Waals surface area (Å²) in [4.78, 5) is 0. The Kier molecular flexibility index (Phi) is 2.28. The summed E-state index contributed by atoms with van der Waals surface area (Å²) >= 11 is 0. The number of benzene rings is 1. The van der Waals surface area contributed by atoms with Crippen molar-refractivity contribution in [3.8, 4) is 11.3 Å². The maximum absolute atomic E-state index is 13.3. The van der Waals surface area contributed by atoms with Crippen LogP contribution in [-0.2, 0) is 6.54 Å². The van der Waals surface area contributed by atoms with Crippen molar-refractivity contribution >= 4 is 0 Å². The largest absolute Gasteiger partial charge is 0.356 e. The second-order valence-corrected chi connectivity index (χ2v) is 2.87. The van der Waals surface area contributed by atoms with Crippen molar-refractivity contribution in [2.45, 2.75) is 6.54 Å². The predicted octanol–water partition coefficient (Wildman–Crippen LogP) is 1.94. The van der Waals surface area contributed by atoms with E-state index in [-0.39, 0.29) is 12.4 Å². The van der Waals surface area contributed by atoms with Crippen molar-refractivity contribution in [3.63, 3.8) is 0 Å². The highest BCUT2D eigenvalue weighted by atomic mass is 19.1. The van der Waals surface area contributed by atoms with E-state index >= 15 is 0 Å². The van der Waals surface area contributed by atoms with Crippen LogP contribution in [0.25, 0.3) is 11.3 Å². The van der Waals surface area contributed by atoms with E-state index in [0.29, 0.717) is 17.0 Å². The van der Waals surface area contributed by atoms with Crippen LogP contribution >= 0.6 is 0 Å². The van der Waals surface area contributed by atoms with E-state index in [2.05, 4.69) is 5.16 Å². The van der Waals surface area contributed by atoms with Crippen LogP contribution in [0.15, 0.2) is 34.9 Å². The molecule has 0 radical (unpaired) electrons. The minimum absolute atomic E-state index is 0.290. The number of hydrogen-bond acceptors (Lipinski definition) is 3. The van der Waals surface area contributed by atoms with Crippen LogP contribution in [0.1, 0.15) is 5.69 Å². The van der Waals surface area contributed by atoms with E-state index < -0.39 is 0 Å². The molecule has 0 amide bonds. The average molecular weight is 192 g/mol. The van der Waals surface area contributed by atoms with Crippen LogP contribution < -0.4 is 5.73 Å². The summed E-state index contributed by atoms with van der Waals surface area (Å²) in [5.74, 6) is 0.0794. The van der Waals surface area contributed by atoms with E-state index in [9.17, 15) is 4.39 Å². The van der Waals surface area contributed by atoms with Crippen LogP contribution in [0.4, 0.5) is 4.39 Å². The van der Waals surface area contributed by atoms with Gasteiger partial charge in [-0.05, 0) is 12.1 Å². The molecule has 0 saturated carbocycles. The molecule has 0 aliphatic heterocycles. The zero-order valence-corrected chi connectivity index (χ0v) is 7.40. The lowest BCUT2D eigenvalue weighted by Crippen LogP contribution is -1.94. The number of aromatic nitrogens is 1. The molecule has 0 atom stereocenters. The molecule has 0 bridgehead atoms. The minimum Gasteiger partial charge on any atom is -0.356 e. The fourth-order valence-electron chi connectivity index (χ4n) is 1.20. The molecule has 0 spiro atoms. The van der Waals surface area contributed by atoms with Gasteiger partial charge in [0.1, 0.15) is 5.82 Å². The molecular formula is C10H9FN2O. The first-order chi connectivity index (χ1) is 6.81. The van der Waals surface area contributed by atoms with E-state index in [4.69, 9.17) is 10.3 Å². The molecule has 72 valence electrons. The lowest BCUT2D eigenvalue weighted by molar-refractivity contribution is 0.421. The molecule has 2 aromatic rings. The zero-order chi connectivity index (χ0) is 9.97. The molecule has 0 saturated heterocycles. The van der Waals surface area contributed by atoms with Gasteiger partial charge >= 0.3 is 0 Å². The Morgan fingerprint density at radius 1 is 1.36 bits per heavy atom. The fourth-order valence-corrected chi connectivity index (χ4v) is 1.20. The lowest BCUT2D eigenvalue weighted by Gasteiger charge is -1.95. The van der Waals surface area contributed by atoms with E-state index in [1.54, 1.807) is 24.3 Å². The number of rotatable bonds is 2.